The van der Waals surface area contributed by atoms with Gasteiger partial charge in [-0.25, -0.2) is 4.79 Å². The molecule has 0 spiro atoms. The van der Waals surface area contributed by atoms with Crippen molar-refractivity contribution < 1.29 is 14.3 Å². The molecule has 0 unspecified atom stereocenters. The van der Waals surface area contributed by atoms with Gasteiger partial charge in [0, 0.05) is 21.7 Å². The third-order valence-corrected chi connectivity index (χ3v) is 9.04. The van der Waals surface area contributed by atoms with Crippen LogP contribution in [-0.4, -0.2) is 29.7 Å². The van der Waals surface area contributed by atoms with Crippen LogP contribution in [0.15, 0.2) is 41.3 Å². The van der Waals surface area contributed by atoms with E-state index in [1.54, 1.807) is 0 Å². The van der Waals surface area contributed by atoms with Crippen molar-refractivity contribution in [1.29, 1.82) is 0 Å². The first kappa shape index (κ1) is 20.6. The molecule has 2 aliphatic rings. The maximum atomic E-state index is 12.5. The standard InChI is InChI=1S/C25H33O3S/c1-25(2,19-10-4-3-5-11-19)28-24(26)18-27-22-14-15-23(29-16-8-9-17-29)21-13-7-6-12-20(21)22/h6-7,12-15,19H,3-5,8-11,16-18H2,1-2H3/q+1. The van der Waals surface area contributed by atoms with Crippen LogP contribution >= 0.6 is 0 Å². The van der Waals surface area contributed by atoms with Crippen molar-refractivity contribution in [1.82, 2.24) is 0 Å². The third kappa shape index (κ3) is 4.74. The van der Waals surface area contributed by atoms with E-state index in [4.69, 9.17) is 9.47 Å². The highest BCUT2D eigenvalue weighted by Crippen LogP contribution is 2.36. The van der Waals surface area contributed by atoms with Gasteiger partial charge in [0.2, 0.25) is 0 Å². The van der Waals surface area contributed by atoms with Gasteiger partial charge in [-0.1, -0.05) is 37.5 Å². The summed E-state index contributed by atoms with van der Waals surface area (Å²) >= 11 is 0. The Morgan fingerprint density at radius 1 is 0.966 bits per heavy atom. The maximum absolute atomic E-state index is 12.5. The van der Waals surface area contributed by atoms with Crippen molar-refractivity contribution in [3.8, 4) is 5.75 Å². The SMILES string of the molecule is CC(C)(OC(=O)COc1ccc([S+]2CCCC2)c2ccccc12)C1CCCCC1. The lowest BCUT2D eigenvalue weighted by atomic mass is 9.79. The molecule has 2 fully saturated rings. The van der Waals surface area contributed by atoms with E-state index < -0.39 is 5.60 Å². The molecule has 1 saturated heterocycles. The predicted molar refractivity (Wildman–Crippen MR) is 121 cm³/mol. The molecule has 0 amide bonds. The second-order valence-electron chi connectivity index (χ2n) is 8.92. The van der Waals surface area contributed by atoms with Crippen LogP contribution in [0.3, 0.4) is 0 Å². The molecule has 0 atom stereocenters. The van der Waals surface area contributed by atoms with E-state index in [1.165, 1.54) is 53.9 Å². The lowest BCUT2D eigenvalue weighted by Crippen LogP contribution is -2.39. The molecule has 156 valence electrons. The molecule has 4 heteroatoms. The van der Waals surface area contributed by atoms with Crippen LogP contribution in [0.25, 0.3) is 10.8 Å². The molecule has 1 saturated carbocycles. The number of rotatable bonds is 6. The molecule has 0 bridgehead atoms. The Kier molecular flexibility index (Phi) is 6.38. The molecule has 1 heterocycles. The highest BCUT2D eigenvalue weighted by molar-refractivity contribution is 7.97. The Morgan fingerprint density at radius 3 is 2.38 bits per heavy atom. The van der Waals surface area contributed by atoms with Crippen LogP contribution in [0.1, 0.15) is 58.8 Å². The highest BCUT2D eigenvalue weighted by atomic mass is 32.2. The summed E-state index contributed by atoms with van der Waals surface area (Å²) in [6, 6.07) is 12.7. The number of fused-ring (bicyclic) bond motifs is 1. The maximum Gasteiger partial charge on any atom is 0.344 e. The van der Waals surface area contributed by atoms with Gasteiger partial charge in [0.25, 0.3) is 0 Å². The minimum Gasteiger partial charge on any atom is -0.481 e. The van der Waals surface area contributed by atoms with Crippen LogP contribution in [0.5, 0.6) is 5.75 Å². The van der Waals surface area contributed by atoms with Crippen LogP contribution in [0.4, 0.5) is 0 Å². The first-order valence-electron chi connectivity index (χ1n) is 11.1. The summed E-state index contributed by atoms with van der Waals surface area (Å²) in [6.07, 6.45) is 8.74. The second-order valence-corrected chi connectivity index (χ2v) is 11.2. The van der Waals surface area contributed by atoms with Gasteiger partial charge < -0.3 is 9.47 Å². The lowest BCUT2D eigenvalue weighted by Gasteiger charge is -2.36. The number of hydrogen-bond acceptors (Lipinski definition) is 3. The first-order valence-corrected chi connectivity index (χ1v) is 12.6. The quantitative estimate of drug-likeness (QED) is 0.437. The van der Waals surface area contributed by atoms with Crippen molar-refractivity contribution in [3.05, 3.63) is 36.4 Å². The monoisotopic (exact) mass is 413 g/mol. The molecule has 2 aromatic rings. The summed E-state index contributed by atoms with van der Waals surface area (Å²) in [5.74, 6) is 3.55. The summed E-state index contributed by atoms with van der Waals surface area (Å²) in [6.45, 7) is 4.06. The van der Waals surface area contributed by atoms with E-state index in [-0.39, 0.29) is 12.6 Å². The highest BCUT2D eigenvalue weighted by Gasteiger charge is 2.34. The van der Waals surface area contributed by atoms with Gasteiger partial charge in [0.05, 0.1) is 0 Å². The Labute approximate surface area is 177 Å². The number of hydrogen-bond donors (Lipinski definition) is 0. The van der Waals surface area contributed by atoms with E-state index in [0.29, 0.717) is 16.8 Å². The van der Waals surface area contributed by atoms with Gasteiger partial charge in [-0.05, 0) is 63.6 Å². The van der Waals surface area contributed by atoms with Crippen molar-refractivity contribution in [2.45, 2.75) is 69.3 Å². The second kappa shape index (κ2) is 8.99. The fourth-order valence-electron chi connectivity index (χ4n) is 4.84. The number of esters is 1. The van der Waals surface area contributed by atoms with E-state index in [1.807, 2.05) is 26.0 Å². The van der Waals surface area contributed by atoms with Crippen LogP contribution in [0, 0.1) is 5.92 Å². The van der Waals surface area contributed by atoms with Crippen molar-refractivity contribution in [2.75, 3.05) is 18.1 Å². The van der Waals surface area contributed by atoms with Gasteiger partial charge in [-0.2, -0.15) is 0 Å². The lowest BCUT2D eigenvalue weighted by molar-refractivity contribution is -0.165. The zero-order valence-electron chi connectivity index (χ0n) is 17.7. The predicted octanol–water partition coefficient (Wildman–Crippen LogP) is 5.89. The van der Waals surface area contributed by atoms with E-state index >= 15 is 0 Å². The van der Waals surface area contributed by atoms with Gasteiger partial charge in [-0.15, -0.1) is 0 Å². The van der Waals surface area contributed by atoms with Gasteiger partial charge in [0.15, 0.2) is 11.5 Å². The zero-order chi connectivity index (χ0) is 20.3. The molecule has 3 nitrogen and oxygen atoms in total. The number of carbonyl (C=O) groups is 1. The number of carbonyl (C=O) groups excluding carboxylic acids is 1. The van der Waals surface area contributed by atoms with Crippen LogP contribution in [0.2, 0.25) is 0 Å². The molecule has 2 aromatic carbocycles. The van der Waals surface area contributed by atoms with E-state index in [9.17, 15) is 4.79 Å². The summed E-state index contributed by atoms with van der Waals surface area (Å²) in [7, 11) is 0.350. The Hall–Kier alpha value is -1.68. The van der Waals surface area contributed by atoms with Crippen molar-refractivity contribution in [2.24, 2.45) is 5.92 Å². The van der Waals surface area contributed by atoms with E-state index in [2.05, 4.69) is 24.3 Å². The van der Waals surface area contributed by atoms with Gasteiger partial charge in [0.1, 0.15) is 22.9 Å². The topological polar surface area (TPSA) is 35.5 Å². The largest absolute Gasteiger partial charge is 0.481 e. The summed E-state index contributed by atoms with van der Waals surface area (Å²) in [5.41, 5.74) is -0.420. The molecule has 1 aliphatic carbocycles. The molecular weight excluding hydrogens is 380 g/mol. The Morgan fingerprint density at radius 2 is 1.66 bits per heavy atom. The van der Waals surface area contributed by atoms with Crippen molar-refractivity contribution >= 4 is 27.6 Å². The first-order chi connectivity index (χ1) is 14.0. The minimum atomic E-state index is -0.420. The van der Waals surface area contributed by atoms with Crippen molar-refractivity contribution in [3.63, 3.8) is 0 Å². The van der Waals surface area contributed by atoms with Gasteiger partial charge in [-0.3, -0.25) is 0 Å². The molecule has 1 aliphatic heterocycles. The summed E-state index contributed by atoms with van der Waals surface area (Å²) in [5, 5.41) is 2.37. The fourth-order valence-corrected chi connectivity index (χ4v) is 7.34. The smallest absolute Gasteiger partial charge is 0.344 e. The third-order valence-electron chi connectivity index (χ3n) is 6.50. The Bertz CT molecular complexity index is 848. The normalized spacial score (nSPS) is 18.8. The zero-order valence-corrected chi connectivity index (χ0v) is 18.6. The Balaban J connectivity index is 1.44. The molecule has 0 N–H and O–H groups in total. The summed E-state index contributed by atoms with van der Waals surface area (Å²) < 4.78 is 11.8. The molecule has 0 radical (unpaired) electrons. The minimum absolute atomic E-state index is 0.0365. The molecule has 29 heavy (non-hydrogen) atoms. The molecular formula is C25H33O3S+. The van der Waals surface area contributed by atoms with Gasteiger partial charge >= 0.3 is 5.97 Å². The van der Waals surface area contributed by atoms with Crippen LogP contribution < -0.4 is 4.74 Å². The van der Waals surface area contributed by atoms with E-state index in [0.717, 1.165) is 24.0 Å². The number of benzene rings is 2. The van der Waals surface area contributed by atoms with Crippen LogP contribution in [-0.2, 0) is 20.4 Å². The molecule has 4 rings (SSSR count). The summed E-state index contributed by atoms with van der Waals surface area (Å²) in [4.78, 5) is 14.0. The average molecular weight is 414 g/mol. The average Bonchev–Trinajstić information content (AvgIpc) is 3.27. The fraction of sp³-hybridized carbons (Fsp3) is 0.560. The molecule has 0 aromatic heterocycles. The number of ether oxygens (including phenoxy) is 2.